The summed E-state index contributed by atoms with van der Waals surface area (Å²) in [5, 5.41) is -1.81. The number of rotatable bonds is 4. The van der Waals surface area contributed by atoms with Crippen LogP contribution in [0.15, 0.2) is 169 Å². The van der Waals surface area contributed by atoms with E-state index in [0.29, 0.717) is 17.1 Å². The van der Waals surface area contributed by atoms with Crippen LogP contribution in [0, 0.1) is 0 Å². The van der Waals surface area contributed by atoms with Gasteiger partial charge in [0.15, 0.2) is 0 Å². The third kappa shape index (κ3) is 4.07. The van der Waals surface area contributed by atoms with Crippen molar-refractivity contribution in [2.75, 3.05) is 0 Å². The van der Waals surface area contributed by atoms with E-state index in [0.717, 1.165) is 16.6 Å². The van der Waals surface area contributed by atoms with Crippen molar-refractivity contribution in [3.63, 3.8) is 0 Å². The second-order valence-corrected chi connectivity index (χ2v) is 10.4. The summed E-state index contributed by atoms with van der Waals surface area (Å²) >= 11 is 0. The molecule has 0 spiro atoms. The fourth-order valence-electron chi connectivity index (χ4n) is 6.01. The van der Waals surface area contributed by atoms with Gasteiger partial charge in [0.1, 0.15) is 5.82 Å². The van der Waals surface area contributed by atoms with Crippen LogP contribution >= 0.6 is 0 Å². The van der Waals surface area contributed by atoms with Gasteiger partial charge in [-0.2, -0.15) is 0 Å². The van der Waals surface area contributed by atoms with Gasteiger partial charge in [-0.15, -0.1) is 0 Å². The molecule has 0 amide bonds. The summed E-state index contributed by atoms with van der Waals surface area (Å²) in [6.45, 7) is 0. The second kappa shape index (κ2) is 10.3. The molecule has 0 saturated heterocycles. The van der Waals surface area contributed by atoms with Gasteiger partial charge in [0.2, 0.25) is 0 Å². The first-order valence-electron chi connectivity index (χ1n) is 21.7. The molecule has 1 aromatic heterocycles. The molecule has 2 heteroatoms. The molecule has 0 bridgehead atoms. The zero-order valence-corrected chi connectivity index (χ0v) is 23.4. The van der Waals surface area contributed by atoms with Crippen molar-refractivity contribution in [3.8, 4) is 39.3 Å². The maximum Gasteiger partial charge on any atom is 0.145 e. The predicted octanol–water partition coefficient (Wildman–Crippen LogP) is 11.5. The first-order valence-corrected chi connectivity index (χ1v) is 14.2. The highest BCUT2D eigenvalue weighted by molar-refractivity contribution is 6.23. The second-order valence-electron chi connectivity index (χ2n) is 10.4. The van der Waals surface area contributed by atoms with Gasteiger partial charge in [0.25, 0.3) is 0 Å². The Morgan fingerprint density at radius 3 is 1.76 bits per heavy atom. The smallest absolute Gasteiger partial charge is 0.145 e. The lowest BCUT2D eigenvalue weighted by atomic mass is 9.85. The quantitative estimate of drug-likeness (QED) is 0.187. The van der Waals surface area contributed by atoms with E-state index in [9.17, 15) is 6.85 Å². The van der Waals surface area contributed by atoms with E-state index in [2.05, 4.69) is 0 Å². The van der Waals surface area contributed by atoms with Gasteiger partial charge in [-0.1, -0.05) is 145 Å². The minimum Gasteiger partial charge on any atom is -0.292 e. The van der Waals surface area contributed by atoms with E-state index in [1.165, 1.54) is 0 Å². The number of para-hydroxylation sites is 2. The highest BCUT2D eigenvalue weighted by atomic mass is 15.1. The summed E-state index contributed by atoms with van der Waals surface area (Å²) in [7, 11) is 0. The van der Waals surface area contributed by atoms with Crippen molar-refractivity contribution in [2.24, 2.45) is 0 Å². The molecule has 8 aromatic carbocycles. The van der Waals surface area contributed by atoms with Crippen molar-refractivity contribution in [1.29, 1.82) is 0 Å². The summed E-state index contributed by atoms with van der Waals surface area (Å²) < 4.78 is 136. The minimum absolute atomic E-state index is 0.0222. The number of hydrogen-bond donors (Lipinski definition) is 0. The highest BCUT2D eigenvalue weighted by Gasteiger charge is 2.19. The Labute approximate surface area is 282 Å². The van der Waals surface area contributed by atoms with Crippen LogP contribution in [0.5, 0.6) is 0 Å². The molecule has 0 aliphatic carbocycles. The molecule has 0 atom stereocenters. The molecule has 9 aromatic rings. The van der Waals surface area contributed by atoms with Crippen LogP contribution < -0.4 is 0 Å². The Morgan fingerprint density at radius 2 is 1.04 bits per heavy atom. The Balaban J connectivity index is 1.48. The van der Waals surface area contributed by atoms with Crippen molar-refractivity contribution in [1.82, 2.24) is 9.55 Å². The van der Waals surface area contributed by atoms with Crippen molar-refractivity contribution in [2.45, 2.75) is 0 Å². The number of nitrogens with zero attached hydrogens (tertiary/aromatic N) is 2. The lowest BCUT2D eigenvalue weighted by Gasteiger charge is -2.19. The van der Waals surface area contributed by atoms with Crippen molar-refractivity contribution >= 4 is 43.4 Å². The molecule has 0 aliphatic rings. The molecular formula is C43H28N2. The normalized spacial score (nSPS) is 16.2. The molecule has 0 aliphatic heterocycles. The molecule has 210 valence electrons. The molecule has 2 nitrogen and oxygen atoms in total. The highest BCUT2D eigenvalue weighted by Crippen LogP contribution is 2.45. The fraction of sp³-hybridized carbons (Fsp3) is 0. The van der Waals surface area contributed by atoms with Gasteiger partial charge in [-0.3, -0.25) is 4.57 Å². The van der Waals surface area contributed by atoms with Gasteiger partial charge in [-0.05, 0) is 78.8 Å². The molecule has 9 rings (SSSR count). The first-order chi connectivity index (χ1) is 28.6. The molecule has 0 radical (unpaired) electrons. The largest absolute Gasteiger partial charge is 0.292 e. The van der Waals surface area contributed by atoms with Crippen LogP contribution in [0.3, 0.4) is 0 Å². The summed E-state index contributed by atoms with van der Waals surface area (Å²) in [5.74, 6) is 0.650. The molecule has 0 unspecified atom stereocenters. The van der Waals surface area contributed by atoms with E-state index in [4.69, 9.17) is 18.7 Å². The van der Waals surface area contributed by atoms with Gasteiger partial charge in [-0.25, -0.2) is 4.98 Å². The Morgan fingerprint density at radius 1 is 0.467 bits per heavy atom. The zero-order chi connectivity index (χ0) is 42.8. The minimum atomic E-state index is -0.757. The monoisotopic (exact) mass is 587 g/mol. The molecule has 0 fully saturated rings. The van der Waals surface area contributed by atoms with Gasteiger partial charge < -0.3 is 0 Å². The van der Waals surface area contributed by atoms with E-state index in [1.54, 1.807) is 24.3 Å². The van der Waals surface area contributed by atoms with E-state index >= 15 is 0 Å². The summed E-state index contributed by atoms with van der Waals surface area (Å²) in [5.41, 5.74) is 2.58. The maximum atomic E-state index is 9.34. The maximum absolute atomic E-state index is 9.34. The Kier molecular flexibility index (Phi) is 3.36. The molecule has 1 heterocycles. The number of hydrogen-bond acceptors (Lipinski definition) is 1. The third-order valence-corrected chi connectivity index (χ3v) is 7.94. The number of imidazole rings is 1. The molecular weight excluding hydrogens is 544 g/mol. The summed E-state index contributed by atoms with van der Waals surface area (Å²) in [6.07, 6.45) is 0. The van der Waals surface area contributed by atoms with Crippen molar-refractivity contribution < 1.29 is 20.6 Å². The fourth-order valence-corrected chi connectivity index (χ4v) is 6.01. The van der Waals surface area contributed by atoms with Crippen LogP contribution in [-0.2, 0) is 0 Å². The molecule has 0 N–H and O–H groups in total. The molecule has 0 saturated carbocycles. The molecule has 45 heavy (non-hydrogen) atoms. The summed E-state index contributed by atoms with van der Waals surface area (Å²) in [6, 6.07) is 13.9. The Hall–Kier alpha value is -5.99. The average Bonchev–Trinajstić information content (AvgIpc) is 3.65. The van der Waals surface area contributed by atoms with E-state index < -0.39 is 107 Å². The van der Waals surface area contributed by atoms with Crippen LogP contribution in [0.4, 0.5) is 0 Å². The van der Waals surface area contributed by atoms with E-state index in [-0.39, 0.29) is 32.7 Å². The van der Waals surface area contributed by atoms with Gasteiger partial charge >= 0.3 is 0 Å². The third-order valence-electron chi connectivity index (χ3n) is 7.94. The zero-order valence-electron chi connectivity index (χ0n) is 38.4. The topological polar surface area (TPSA) is 17.8 Å². The van der Waals surface area contributed by atoms with E-state index in [1.807, 2.05) is 59.2 Å². The summed E-state index contributed by atoms with van der Waals surface area (Å²) in [4.78, 5) is 4.91. The van der Waals surface area contributed by atoms with Crippen LogP contribution in [0.2, 0.25) is 0 Å². The standard InChI is InChI=1S/C43H28N2/c1-2-14-31(15-3-1)43-44-39-23-10-11-24-40(39)45(43)32-27-25-30(26-28-32)41-35-18-6-8-20-37(35)42(38-21-9-7-19-36(38)41)34-22-12-16-29-13-4-5-17-33(29)34/h1-28H/i4D,5D,6D,7D,8D,9D,12D,13D,16D,17D,18D,19D,20D,21D,22D. The predicted molar refractivity (Wildman–Crippen MR) is 190 cm³/mol. The number of benzene rings is 8. The van der Waals surface area contributed by atoms with Gasteiger partial charge in [0.05, 0.1) is 31.6 Å². The van der Waals surface area contributed by atoms with Gasteiger partial charge in [0, 0.05) is 11.3 Å². The van der Waals surface area contributed by atoms with Crippen LogP contribution in [-0.4, -0.2) is 9.55 Å². The number of aromatic nitrogens is 2. The Bertz CT molecular complexity index is 3270. The number of fused-ring (bicyclic) bond motifs is 4. The lowest BCUT2D eigenvalue weighted by Crippen LogP contribution is -1.98. The SMILES string of the molecule is [2H]c1c([2H])c([2H])c2c(-c3c4c([2H])c([2H])c([2H])c([2H])c4c(-c4ccc(-n5c(-c6ccccc6)nc6ccccc65)cc4)c4c([2H])c([2H])c([2H])c([2H])c34)c([2H])c([2H])c([2H])c2c1[2H]. The lowest BCUT2D eigenvalue weighted by molar-refractivity contribution is 1.10. The van der Waals surface area contributed by atoms with Crippen LogP contribution in [0.1, 0.15) is 20.6 Å². The average molecular weight is 588 g/mol. The first kappa shape index (κ1) is 14.7. The van der Waals surface area contributed by atoms with Crippen molar-refractivity contribution in [3.05, 3.63) is 169 Å². The van der Waals surface area contributed by atoms with Crippen LogP contribution in [0.25, 0.3) is 82.7 Å².